The second kappa shape index (κ2) is 6.49. The lowest BCUT2D eigenvalue weighted by Gasteiger charge is -2.24. The van der Waals surface area contributed by atoms with Gasteiger partial charge in [-0.25, -0.2) is 4.39 Å². The highest BCUT2D eigenvalue weighted by Crippen LogP contribution is 2.25. The van der Waals surface area contributed by atoms with Crippen LogP contribution in [0.25, 0.3) is 0 Å². The molecule has 0 saturated carbocycles. The monoisotopic (exact) mass is 264 g/mol. The van der Waals surface area contributed by atoms with Gasteiger partial charge in [-0.2, -0.15) is 0 Å². The third-order valence-corrected chi connectivity index (χ3v) is 4.25. The van der Waals surface area contributed by atoms with E-state index in [-0.39, 0.29) is 11.9 Å². The van der Waals surface area contributed by atoms with E-state index in [1.54, 1.807) is 12.1 Å². The van der Waals surface area contributed by atoms with Gasteiger partial charge in [0.2, 0.25) is 0 Å². The molecule has 1 aromatic carbocycles. The van der Waals surface area contributed by atoms with Gasteiger partial charge in [0, 0.05) is 30.7 Å². The van der Waals surface area contributed by atoms with Crippen molar-refractivity contribution in [3.8, 4) is 0 Å². The van der Waals surface area contributed by atoms with Crippen molar-refractivity contribution in [3.05, 3.63) is 35.6 Å². The van der Waals surface area contributed by atoms with Gasteiger partial charge in [-0.3, -0.25) is 0 Å². The van der Waals surface area contributed by atoms with Crippen LogP contribution in [0.4, 0.5) is 4.39 Å². The summed E-state index contributed by atoms with van der Waals surface area (Å²) in [6, 6.07) is 7.84. The number of hydrogen-bond acceptors (Lipinski definition) is 2. The topological polar surface area (TPSA) is 15.3 Å². The van der Waals surface area contributed by atoms with E-state index < -0.39 is 0 Å². The highest BCUT2D eigenvalue weighted by atomic mass is 19.1. The van der Waals surface area contributed by atoms with Crippen molar-refractivity contribution in [1.82, 2.24) is 10.2 Å². The number of benzene rings is 1. The molecule has 19 heavy (non-hydrogen) atoms. The zero-order chi connectivity index (χ0) is 13.8. The summed E-state index contributed by atoms with van der Waals surface area (Å²) in [5, 5.41) is 3.24. The molecule has 1 saturated heterocycles. The Morgan fingerprint density at radius 2 is 2.11 bits per heavy atom. The van der Waals surface area contributed by atoms with Gasteiger partial charge >= 0.3 is 0 Å². The maximum absolute atomic E-state index is 13.8. The summed E-state index contributed by atoms with van der Waals surface area (Å²) in [7, 11) is 1.91. The van der Waals surface area contributed by atoms with Gasteiger partial charge in [0.1, 0.15) is 5.82 Å². The molecule has 0 aromatic heterocycles. The number of rotatable bonds is 5. The summed E-state index contributed by atoms with van der Waals surface area (Å²) in [6.45, 7) is 6.81. The van der Waals surface area contributed by atoms with E-state index in [4.69, 9.17) is 0 Å². The number of likely N-dealkylation sites (tertiary alicyclic amines) is 1. The van der Waals surface area contributed by atoms with E-state index >= 15 is 0 Å². The average Bonchev–Trinajstić information content (AvgIpc) is 2.70. The van der Waals surface area contributed by atoms with E-state index in [1.165, 1.54) is 13.0 Å². The predicted molar refractivity (Wildman–Crippen MR) is 77.6 cm³/mol. The Kier molecular flexibility index (Phi) is 4.94. The molecule has 2 rings (SSSR count). The van der Waals surface area contributed by atoms with Gasteiger partial charge in [-0.05, 0) is 38.8 Å². The van der Waals surface area contributed by atoms with Crippen LogP contribution in [0.2, 0.25) is 0 Å². The van der Waals surface area contributed by atoms with Crippen molar-refractivity contribution in [1.29, 1.82) is 0 Å². The molecule has 1 aliphatic rings. The highest BCUT2D eigenvalue weighted by molar-refractivity contribution is 5.21. The average molecular weight is 264 g/mol. The van der Waals surface area contributed by atoms with Crippen molar-refractivity contribution >= 4 is 0 Å². The van der Waals surface area contributed by atoms with Gasteiger partial charge in [-0.15, -0.1) is 0 Å². The third kappa shape index (κ3) is 3.54. The number of nitrogens with one attached hydrogen (secondary N) is 1. The molecule has 0 bridgehead atoms. The molecule has 2 nitrogen and oxygen atoms in total. The molecule has 0 spiro atoms. The highest BCUT2D eigenvalue weighted by Gasteiger charge is 2.26. The molecule has 0 aliphatic carbocycles. The van der Waals surface area contributed by atoms with Crippen LogP contribution < -0.4 is 5.32 Å². The SMILES string of the molecule is CNC(CCN1CC(C)CC1C)c1ccccc1F. The standard InChI is InChI=1S/C16H25FN2/c1-12-10-13(2)19(11-12)9-8-16(18-3)14-6-4-5-7-15(14)17/h4-7,12-13,16,18H,8-11H2,1-3H3. The van der Waals surface area contributed by atoms with Crippen LogP contribution >= 0.6 is 0 Å². The first-order valence-electron chi connectivity index (χ1n) is 7.27. The van der Waals surface area contributed by atoms with Gasteiger partial charge in [0.15, 0.2) is 0 Å². The smallest absolute Gasteiger partial charge is 0.127 e. The van der Waals surface area contributed by atoms with Gasteiger partial charge in [-0.1, -0.05) is 25.1 Å². The Balaban J connectivity index is 1.95. The van der Waals surface area contributed by atoms with Crippen LogP contribution in [0.3, 0.4) is 0 Å². The minimum Gasteiger partial charge on any atom is -0.313 e. The quantitative estimate of drug-likeness (QED) is 0.878. The van der Waals surface area contributed by atoms with Crippen LogP contribution in [0.15, 0.2) is 24.3 Å². The first-order valence-corrected chi connectivity index (χ1v) is 7.27. The summed E-state index contributed by atoms with van der Waals surface area (Å²) in [4.78, 5) is 2.52. The third-order valence-electron chi connectivity index (χ3n) is 4.25. The maximum atomic E-state index is 13.8. The molecule has 3 heteroatoms. The van der Waals surface area contributed by atoms with Crippen LogP contribution in [-0.2, 0) is 0 Å². The fraction of sp³-hybridized carbons (Fsp3) is 0.625. The van der Waals surface area contributed by atoms with Crippen molar-refractivity contribution in [3.63, 3.8) is 0 Å². The summed E-state index contributed by atoms with van der Waals surface area (Å²) < 4.78 is 13.8. The Labute approximate surface area is 116 Å². The van der Waals surface area contributed by atoms with Crippen molar-refractivity contribution in [2.45, 2.75) is 38.8 Å². The minimum absolute atomic E-state index is 0.101. The van der Waals surface area contributed by atoms with Crippen LogP contribution in [-0.4, -0.2) is 31.1 Å². The number of nitrogens with zero attached hydrogens (tertiary/aromatic N) is 1. The van der Waals surface area contributed by atoms with Crippen molar-refractivity contribution in [2.24, 2.45) is 5.92 Å². The molecule has 1 aliphatic heterocycles. The summed E-state index contributed by atoms with van der Waals surface area (Å²) in [5.41, 5.74) is 0.782. The van der Waals surface area contributed by atoms with Gasteiger partial charge in [0.25, 0.3) is 0 Å². The lowest BCUT2D eigenvalue weighted by atomic mass is 10.0. The van der Waals surface area contributed by atoms with E-state index in [2.05, 4.69) is 24.1 Å². The second-order valence-electron chi connectivity index (χ2n) is 5.84. The fourth-order valence-corrected chi connectivity index (χ4v) is 3.21. The maximum Gasteiger partial charge on any atom is 0.127 e. The molecule has 106 valence electrons. The predicted octanol–water partition coefficient (Wildman–Crippen LogP) is 3.21. The molecular weight excluding hydrogens is 239 g/mol. The number of halogens is 1. The van der Waals surface area contributed by atoms with Crippen LogP contribution in [0.5, 0.6) is 0 Å². The van der Waals surface area contributed by atoms with Crippen molar-refractivity contribution in [2.75, 3.05) is 20.1 Å². The molecule has 1 N–H and O–H groups in total. The Morgan fingerprint density at radius 1 is 1.37 bits per heavy atom. The van der Waals surface area contributed by atoms with Crippen molar-refractivity contribution < 1.29 is 4.39 Å². The largest absolute Gasteiger partial charge is 0.313 e. The molecule has 1 heterocycles. The molecule has 0 radical (unpaired) electrons. The first kappa shape index (κ1) is 14.5. The van der Waals surface area contributed by atoms with E-state index in [0.717, 1.165) is 24.4 Å². The van der Waals surface area contributed by atoms with E-state index in [1.807, 2.05) is 19.2 Å². The Morgan fingerprint density at radius 3 is 2.68 bits per heavy atom. The second-order valence-corrected chi connectivity index (χ2v) is 5.84. The summed E-state index contributed by atoms with van der Waals surface area (Å²) >= 11 is 0. The molecule has 1 aromatic rings. The van der Waals surface area contributed by atoms with Gasteiger partial charge in [0.05, 0.1) is 0 Å². The molecule has 3 unspecified atom stereocenters. The summed E-state index contributed by atoms with van der Waals surface area (Å²) in [6.07, 6.45) is 2.23. The fourth-order valence-electron chi connectivity index (χ4n) is 3.21. The zero-order valence-corrected chi connectivity index (χ0v) is 12.2. The Hall–Kier alpha value is -0.930. The Bertz CT molecular complexity index is 407. The lowest BCUT2D eigenvalue weighted by molar-refractivity contribution is 0.249. The lowest BCUT2D eigenvalue weighted by Crippen LogP contribution is -2.31. The van der Waals surface area contributed by atoms with Gasteiger partial charge < -0.3 is 10.2 Å². The molecule has 0 amide bonds. The normalized spacial score (nSPS) is 25.7. The van der Waals surface area contributed by atoms with E-state index in [9.17, 15) is 4.39 Å². The first-order chi connectivity index (χ1) is 9.11. The molecule has 3 atom stereocenters. The summed E-state index contributed by atoms with van der Waals surface area (Å²) in [5.74, 6) is 0.682. The molecular formula is C16H25FN2. The van der Waals surface area contributed by atoms with Crippen LogP contribution in [0, 0.1) is 11.7 Å². The van der Waals surface area contributed by atoms with E-state index in [0.29, 0.717) is 6.04 Å². The minimum atomic E-state index is -0.107. The molecule has 1 fully saturated rings. The van der Waals surface area contributed by atoms with Crippen LogP contribution in [0.1, 0.15) is 38.3 Å². The number of hydrogen-bond donors (Lipinski definition) is 1. The zero-order valence-electron chi connectivity index (χ0n) is 12.2.